The number of methoxy groups -OCH3 is 1. The fourth-order valence-electron chi connectivity index (χ4n) is 2.16. The molecule has 3 heteroatoms. The van der Waals surface area contributed by atoms with Crippen LogP contribution in [-0.2, 0) is 0 Å². The summed E-state index contributed by atoms with van der Waals surface area (Å²) in [6, 6.07) is 6.10. The first kappa shape index (κ1) is 13.8. The van der Waals surface area contributed by atoms with E-state index in [1.807, 2.05) is 19.1 Å². The second-order valence-corrected chi connectivity index (χ2v) is 4.26. The second-order valence-electron chi connectivity index (χ2n) is 4.26. The Bertz CT molecular complexity index is 350. The number of nitrogens with zero attached hydrogens (tertiary/aromatic N) is 1. The van der Waals surface area contributed by atoms with Gasteiger partial charge in [0, 0.05) is 30.4 Å². The van der Waals surface area contributed by atoms with Crippen molar-refractivity contribution >= 4 is 5.69 Å². The van der Waals surface area contributed by atoms with Gasteiger partial charge in [-0.15, -0.1) is 0 Å². The van der Waals surface area contributed by atoms with Gasteiger partial charge in [0.05, 0.1) is 7.11 Å². The smallest absolute Gasteiger partial charge is 0.125 e. The molecule has 0 heterocycles. The molecule has 1 rings (SSSR count). The van der Waals surface area contributed by atoms with Crippen LogP contribution in [0.1, 0.15) is 38.8 Å². The molecule has 17 heavy (non-hydrogen) atoms. The number of ether oxygens (including phenoxy) is 1. The largest absolute Gasteiger partial charge is 0.496 e. The van der Waals surface area contributed by atoms with Crippen LogP contribution in [0.3, 0.4) is 0 Å². The number of benzene rings is 1. The van der Waals surface area contributed by atoms with Crippen LogP contribution in [0.15, 0.2) is 18.2 Å². The van der Waals surface area contributed by atoms with Crippen LogP contribution in [0.2, 0.25) is 0 Å². The van der Waals surface area contributed by atoms with Crippen molar-refractivity contribution in [2.45, 2.75) is 33.2 Å². The van der Waals surface area contributed by atoms with E-state index in [1.54, 1.807) is 7.11 Å². The van der Waals surface area contributed by atoms with E-state index < -0.39 is 0 Å². The Morgan fingerprint density at radius 1 is 1.35 bits per heavy atom. The van der Waals surface area contributed by atoms with Gasteiger partial charge in [0.25, 0.3) is 0 Å². The second kappa shape index (κ2) is 6.50. The minimum atomic E-state index is -0.0212. The van der Waals surface area contributed by atoms with Gasteiger partial charge in [0.15, 0.2) is 0 Å². The first-order valence-corrected chi connectivity index (χ1v) is 6.33. The van der Waals surface area contributed by atoms with Crippen LogP contribution >= 0.6 is 0 Å². The number of hydrogen-bond donors (Lipinski definition) is 1. The molecule has 1 aromatic rings. The van der Waals surface area contributed by atoms with E-state index in [-0.39, 0.29) is 6.04 Å². The SMILES string of the molecule is CCCN(CC)c1cccc(OC)c1[C@@H](C)N. The molecule has 96 valence electrons. The summed E-state index contributed by atoms with van der Waals surface area (Å²) in [4.78, 5) is 2.35. The first-order chi connectivity index (χ1) is 8.15. The van der Waals surface area contributed by atoms with Gasteiger partial charge >= 0.3 is 0 Å². The standard InChI is InChI=1S/C14H24N2O/c1-5-10-16(6-2)12-8-7-9-13(17-4)14(12)11(3)15/h7-9,11H,5-6,10,15H2,1-4H3/t11-/m1/s1. The maximum Gasteiger partial charge on any atom is 0.125 e. The first-order valence-electron chi connectivity index (χ1n) is 6.33. The molecule has 0 unspecified atom stereocenters. The van der Waals surface area contributed by atoms with Gasteiger partial charge < -0.3 is 15.4 Å². The molecule has 0 saturated carbocycles. The summed E-state index contributed by atoms with van der Waals surface area (Å²) in [6.45, 7) is 8.39. The van der Waals surface area contributed by atoms with Crippen molar-refractivity contribution in [3.05, 3.63) is 23.8 Å². The molecule has 0 spiro atoms. The zero-order valence-corrected chi connectivity index (χ0v) is 11.4. The summed E-state index contributed by atoms with van der Waals surface area (Å²) in [5.74, 6) is 0.882. The quantitative estimate of drug-likeness (QED) is 0.825. The lowest BCUT2D eigenvalue weighted by atomic mass is 10.0. The van der Waals surface area contributed by atoms with E-state index in [4.69, 9.17) is 10.5 Å². The Hall–Kier alpha value is -1.22. The zero-order chi connectivity index (χ0) is 12.8. The normalized spacial score (nSPS) is 12.3. The van der Waals surface area contributed by atoms with Crippen molar-refractivity contribution in [2.75, 3.05) is 25.1 Å². The molecule has 0 aliphatic heterocycles. The number of rotatable bonds is 6. The summed E-state index contributed by atoms with van der Waals surface area (Å²) in [5.41, 5.74) is 8.37. The fraction of sp³-hybridized carbons (Fsp3) is 0.571. The van der Waals surface area contributed by atoms with Crippen molar-refractivity contribution in [2.24, 2.45) is 5.73 Å². The molecule has 0 aliphatic carbocycles. The predicted molar refractivity (Wildman–Crippen MR) is 73.8 cm³/mol. The number of anilines is 1. The molecule has 0 amide bonds. The van der Waals surface area contributed by atoms with E-state index in [0.717, 1.165) is 30.8 Å². The predicted octanol–water partition coefficient (Wildman–Crippen LogP) is 2.95. The minimum Gasteiger partial charge on any atom is -0.496 e. The van der Waals surface area contributed by atoms with Crippen LogP contribution in [0.4, 0.5) is 5.69 Å². The van der Waals surface area contributed by atoms with Gasteiger partial charge in [-0.2, -0.15) is 0 Å². The fourth-order valence-corrected chi connectivity index (χ4v) is 2.16. The highest BCUT2D eigenvalue weighted by atomic mass is 16.5. The summed E-state index contributed by atoms with van der Waals surface area (Å²) >= 11 is 0. The maximum absolute atomic E-state index is 6.07. The van der Waals surface area contributed by atoms with E-state index in [2.05, 4.69) is 24.8 Å². The van der Waals surface area contributed by atoms with Crippen molar-refractivity contribution in [3.63, 3.8) is 0 Å². The molecule has 2 N–H and O–H groups in total. The Balaban J connectivity index is 3.20. The monoisotopic (exact) mass is 236 g/mol. The molecule has 1 atom stereocenters. The molecule has 3 nitrogen and oxygen atoms in total. The summed E-state index contributed by atoms with van der Waals surface area (Å²) in [6.07, 6.45) is 1.13. The lowest BCUT2D eigenvalue weighted by molar-refractivity contribution is 0.407. The summed E-state index contributed by atoms with van der Waals surface area (Å²) in [7, 11) is 1.70. The molecule has 0 bridgehead atoms. The van der Waals surface area contributed by atoms with Gasteiger partial charge in [-0.1, -0.05) is 13.0 Å². The van der Waals surface area contributed by atoms with Gasteiger partial charge in [0.1, 0.15) is 5.75 Å². The van der Waals surface area contributed by atoms with Crippen LogP contribution in [0, 0.1) is 0 Å². The lowest BCUT2D eigenvalue weighted by Crippen LogP contribution is -2.26. The highest BCUT2D eigenvalue weighted by Gasteiger charge is 2.16. The number of nitrogens with two attached hydrogens (primary N) is 1. The van der Waals surface area contributed by atoms with E-state index in [9.17, 15) is 0 Å². The average Bonchev–Trinajstić information content (AvgIpc) is 2.34. The van der Waals surface area contributed by atoms with E-state index in [1.165, 1.54) is 5.69 Å². The third-order valence-electron chi connectivity index (χ3n) is 2.93. The highest BCUT2D eigenvalue weighted by Crippen LogP contribution is 2.33. The molecular weight excluding hydrogens is 212 g/mol. The summed E-state index contributed by atoms with van der Waals surface area (Å²) < 4.78 is 5.41. The highest BCUT2D eigenvalue weighted by molar-refractivity contribution is 5.60. The average molecular weight is 236 g/mol. The third-order valence-corrected chi connectivity index (χ3v) is 2.93. The van der Waals surface area contributed by atoms with Crippen LogP contribution in [-0.4, -0.2) is 20.2 Å². The number of hydrogen-bond acceptors (Lipinski definition) is 3. The van der Waals surface area contributed by atoms with Crippen molar-refractivity contribution < 1.29 is 4.74 Å². The van der Waals surface area contributed by atoms with E-state index in [0.29, 0.717) is 0 Å². The molecule has 0 aromatic heterocycles. The Labute approximate surface area is 105 Å². The topological polar surface area (TPSA) is 38.5 Å². The minimum absolute atomic E-state index is 0.0212. The molecule has 0 saturated heterocycles. The molecular formula is C14H24N2O. The molecule has 1 aromatic carbocycles. The van der Waals surface area contributed by atoms with Crippen molar-refractivity contribution in [3.8, 4) is 5.75 Å². The molecule has 0 radical (unpaired) electrons. The van der Waals surface area contributed by atoms with Crippen LogP contribution < -0.4 is 15.4 Å². The van der Waals surface area contributed by atoms with Crippen molar-refractivity contribution in [1.29, 1.82) is 0 Å². The van der Waals surface area contributed by atoms with Gasteiger partial charge in [-0.3, -0.25) is 0 Å². The maximum atomic E-state index is 6.07. The van der Waals surface area contributed by atoms with Crippen LogP contribution in [0.25, 0.3) is 0 Å². The molecule has 0 fully saturated rings. The third kappa shape index (κ3) is 3.13. The zero-order valence-electron chi connectivity index (χ0n) is 11.4. The Kier molecular flexibility index (Phi) is 5.29. The van der Waals surface area contributed by atoms with Gasteiger partial charge in [0.2, 0.25) is 0 Å². The lowest BCUT2D eigenvalue weighted by Gasteiger charge is -2.27. The van der Waals surface area contributed by atoms with Crippen LogP contribution in [0.5, 0.6) is 5.75 Å². The van der Waals surface area contributed by atoms with Gasteiger partial charge in [-0.05, 0) is 32.4 Å². The van der Waals surface area contributed by atoms with Gasteiger partial charge in [-0.25, -0.2) is 0 Å². The van der Waals surface area contributed by atoms with Crippen molar-refractivity contribution in [1.82, 2.24) is 0 Å². The van der Waals surface area contributed by atoms with E-state index >= 15 is 0 Å². The Morgan fingerprint density at radius 2 is 2.06 bits per heavy atom. The Morgan fingerprint density at radius 3 is 2.53 bits per heavy atom. The molecule has 0 aliphatic rings. The summed E-state index contributed by atoms with van der Waals surface area (Å²) in [5, 5.41) is 0.